The van der Waals surface area contributed by atoms with E-state index in [0.29, 0.717) is 6.61 Å². The number of aromatic hydroxyl groups is 1. The van der Waals surface area contributed by atoms with Crippen LogP contribution in [0.2, 0.25) is 10.0 Å². The van der Waals surface area contributed by atoms with Crippen molar-refractivity contribution in [2.75, 3.05) is 20.3 Å². The van der Waals surface area contributed by atoms with Gasteiger partial charge < -0.3 is 14.6 Å². The molecule has 9 heteroatoms. The number of aromatic nitrogens is 1. The number of halogens is 2. The van der Waals surface area contributed by atoms with Crippen LogP contribution in [0.25, 0.3) is 0 Å². The summed E-state index contributed by atoms with van der Waals surface area (Å²) in [6, 6.07) is 4.54. The van der Waals surface area contributed by atoms with E-state index in [1.54, 1.807) is 6.07 Å². The lowest BCUT2D eigenvalue weighted by molar-refractivity contribution is 0.103. The van der Waals surface area contributed by atoms with Gasteiger partial charge in [0.05, 0.1) is 35.4 Å². The number of carbonyl (C=O) groups excluding carboxylic acids is 1. The zero-order chi connectivity index (χ0) is 21.7. The average Bonchev–Trinajstić information content (AvgIpc) is 2.67. The number of rotatable bonds is 8. The molecule has 0 unspecified atom stereocenters. The molecule has 0 fully saturated rings. The highest BCUT2D eigenvalue weighted by Gasteiger charge is 2.26. The summed E-state index contributed by atoms with van der Waals surface area (Å²) < 4.78 is 11.4. The Balaban J connectivity index is 2.64. The number of methoxy groups -OCH3 is 1. The zero-order valence-electron chi connectivity index (χ0n) is 16.2. The van der Waals surface area contributed by atoms with Gasteiger partial charge in [0.25, 0.3) is 5.56 Å². The SMILES string of the molecule is CCCOc1c(Cl)cc(C(=O)c2c(C)c(C#N)c(=O)n(CCOC)c2O)cc1Cl. The van der Waals surface area contributed by atoms with Crippen LogP contribution in [0.3, 0.4) is 0 Å². The summed E-state index contributed by atoms with van der Waals surface area (Å²) in [7, 11) is 1.43. The highest BCUT2D eigenvalue weighted by Crippen LogP contribution is 2.36. The Hall–Kier alpha value is -2.53. The fourth-order valence-electron chi connectivity index (χ4n) is 2.79. The molecule has 0 bridgehead atoms. The molecule has 0 aliphatic rings. The molecule has 1 heterocycles. The third kappa shape index (κ3) is 4.56. The summed E-state index contributed by atoms with van der Waals surface area (Å²) >= 11 is 12.4. The van der Waals surface area contributed by atoms with Gasteiger partial charge in [0.15, 0.2) is 11.5 Å². The highest BCUT2D eigenvalue weighted by molar-refractivity contribution is 6.38. The largest absolute Gasteiger partial charge is 0.494 e. The first kappa shape index (κ1) is 22.8. The number of hydrogen-bond acceptors (Lipinski definition) is 6. The summed E-state index contributed by atoms with van der Waals surface area (Å²) in [5, 5.41) is 20.3. The van der Waals surface area contributed by atoms with Crippen LogP contribution >= 0.6 is 23.2 Å². The van der Waals surface area contributed by atoms with Gasteiger partial charge in [0.1, 0.15) is 11.6 Å². The predicted molar refractivity (Wildman–Crippen MR) is 109 cm³/mol. The summed E-state index contributed by atoms with van der Waals surface area (Å²) in [6.45, 7) is 3.84. The van der Waals surface area contributed by atoms with Gasteiger partial charge in [-0.3, -0.25) is 14.2 Å². The van der Waals surface area contributed by atoms with E-state index in [0.717, 1.165) is 11.0 Å². The van der Waals surface area contributed by atoms with Gasteiger partial charge in [0.2, 0.25) is 5.88 Å². The fraction of sp³-hybridized carbons (Fsp3) is 0.350. The van der Waals surface area contributed by atoms with Crippen molar-refractivity contribution >= 4 is 29.0 Å². The molecule has 2 rings (SSSR count). The molecule has 0 saturated heterocycles. The topological polar surface area (TPSA) is 102 Å². The van der Waals surface area contributed by atoms with Gasteiger partial charge in [-0.05, 0) is 31.0 Å². The van der Waals surface area contributed by atoms with E-state index in [2.05, 4.69) is 0 Å². The van der Waals surface area contributed by atoms with Crippen LogP contribution < -0.4 is 10.3 Å². The quantitative estimate of drug-likeness (QED) is 0.630. The number of ether oxygens (including phenoxy) is 2. The van der Waals surface area contributed by atoms with E-state index >= 15 is 0 Å². The molecule has 1 aromatic heterocycles. The number of ketones is 1. The second kappa shape index (κ2) is 9.79. The van der Waals surface area contributed by atoms with Crippen LogP contribution in [0.4, 0.5) is 0 Å². The number of pyridine rings is 1. The molecule has 0 amide bonds. The molecule has 0 radical (unpaired) electrons. The van der Waals surface area contributed by atoms with E-state index in [4.69, 9.17) is 32.7 Å². The number of carbonyl (C=O) groups is 1. The first-order valence-corrected chi connectivity index (χ1v) is 9.55. The first-order chi connectivity index (χ1) is 13.8. The molecule has 0 saturated carbocycles. The minimum atomic E-state index is -0.699. The van der Waals surface area contributed by atoms with Crippen LogP contribution in [-0.2, 0) is 11.3 Å². The number of nitriles is 1. The standard InChI is InChI=1S/C20H20Cl2N2O5/c1-4-6-29-18-14(21)8-12(9-15(18)22)17(25)16-11(2)13(10-23)19(26)24(20(16)27)5-7-28-3/h8-9,27H,4-7H2,1-3H3. The van der Waals surface area contributed by atoms with Crippen LogP contribution in [0.1, 0.15) is 40.4 Å². The molecule has 0 atom stereocenters. The maximum atomic E-state index is 13.1. The molecule has 0 spiro atoms. The maximum Gasteiger partial charge on any atom is 0.271 e. The minimum Gasteiger partial charge on any atom is -0.494 e. The zero-order valence-corrected chi connectivity index (χ0v) is 17.7. The number of nitrogens with zero attached hydrogens (tertiary/aromatic N) is 2. The lowest BCUT2D eigenvalue weighted by Gasteiger charge is -2.16. The van der Waals surface area contributed by atoms with Crippen LogP contribution in [0.5, 0.6) is 11.6 Å². The molecular weight excluding hydrogens is 419 g/mol. The Labute approximate surface area is 178 Å². The molecule has 7 nitrogen and oxygen atoms in total. The summed E-state index contributed by atoms with van der Waals surface area (Å²) in [5.74, 6) is -0.920. The van der Waals surface area contributed by atoms with Gasteiger partial charge in [-0.1, -0.05) is 30.1 Å². The third-order valence-corrected chi connectivity index (χ3v) is 4.82. The molecule has 2 aromatic rings. The molecular formula is C20H20Cl2N2O5. The second-order valence-electron chi connectivity index (χ2n) is 6.21. The molecule has 0 aliphatic carbocycles. The summed E-state index contributed by atoms with van der Waals surface area (Å²) in [4.78, 5) is 25.6. The van der Waals surface area contributed by atoms with Crippen molar-refractivity contribution in [1.82, 2.24) is 4.57 Å². The lowest BCUT2D eigenvalue weighted by Crippen LogP contribution is -2.28. The number of benzene rings is 1. The molecule has 29 heavy (non-hydrogen) atoms. The van der Waals surface area contributed by atoms with Crippen molar-refractivity contribution < 1.29 is 19.4 Å². The second-order valence-corrected chi connectivity index (χ2v) is 7.02. The van der Waals surface area contributed by atoms with E-state index < -0.39 is 17.2 Å². The van der Waals surface area contributed by atoms with Crippen LogP contribution in [0, 0.1) is 18.3 Å². The van der Waals surface area contributed by atoms with Crippen molar-refractivity contribution in [2.45, 2.75) is 26.8 Å². The van der Waals surface area contributed by atoms with Gasteiger partial charge in [0, 0.05) is 12.7 Å². The Morgan fingerprint density at radius 3 is 2.41 bits per heavy atom. The van der Waals surface area contributed by atoms with E-state index in [9.17, 15) is 20.0 Å². The van der Waals surface area contributed by atoms with Crippen LogP contribution in [0.15, 0.2) is 16.9 Å². The van der Waals surface area contributed by atoms with Crippen molar-refractivity contribution in [1.29, 1.82) is 5.26 Å². The molecule has 1 aromatic carbocycles. The van der Waals surface area contributed by atoms with E-state index in [-0.39, 0.29) is 51.2 Å². The highest BCUT2D eigenvalue weighted by atomic mass is 35.5. The van der Waals surface area contributed by atoms with Gasteiger partial charge in [-0.2, -0.15) is 5.26 Å². The fourth-order valence-corrected chi connectivity index (χ4v) is 3.39. The molecule has 0 aliphatic heterocycles. The van der Waals surface area contributed by atoms with Crippen LogP contribution in [-0.4, -0.2) is 35.8 Å². The van der Waals surface area contributed by atoms with Gasteiger partial charge in [-0.25, -0.2) is 0 Å². The first-order valence-electron chi connectivity index (χ1n) is 8.80. The van der Waals surface area contributed by atoms with E-state index in [1.807, 2.05) is 6.92 Å². The average molecular weight is 439 g/mol. The van der Waals surface area contributed by atoms with Gasteiger partial charge in [-0.15, -0.1) is 0 Å². The van der Waals surface area contributed by atoms with Crippen molar-refractivity contribution in [3.05, 3.63) is 54.8 Å². The minimum absolute atomic E-state index is 0.0261. The van der Waals surface area contributed by atoms with Crippen molar-refractivity contribution in [3.63, 3.8) is 0 Å². The molecule has 1 N–H and O–H groups in total. The summed E-state index contributed by atoms with van der Waals surface area (Å²) in [5.41, 5.74) is -0.945. The Morgan fingerprint density at radius 2 is 1.90 bits per heavy atom. The van der Waals surface area contributed by atoms with Crippen molar-refractivity contribution in [2.24, 2.45) is 0 Å². The number of hydrogen-bond donors (Lipinski definition) is 1. The van der Waals surface area contributed by atoms with Gasteiger partial charge >= 0.3 is 0 Å². The van der Waals surface area contributed by atoms with Crippen molar-refractivity contribution in [3.8, 4) is 17.7 Å². The monoisotopic (exact) mass is 438 g/mol. The Morgan fingerprint density at radius 1 is 1.28 bits per heavy atom. The molecule has 154 valence electrons. The predicted octanol–water partition coefficient (Wildman–Crippen LogP) is 3.71. The lowest BCUT2D eigenvalue weighted by atomic mass is 9.97. The normalized spacial score (nSPS) is 10.6. The summed E-state index contributed by atoms with van der Waals surface area (Å²) in [6.07, 6.45) is 0.750. The Bertz CT molecular complexity index is 1020. The van der Waals surface area contributed by atoms with E-state index in [1.165, 1.54) is 26.2 Å². The Kier molecular flexibility index (Phi) is 7.68. The smallest absolute Gasteiger partial charge is 0.271 e. The third-order valence-electron chi connectivity index (χ3n) is 4.26. The maximum absolute atomic E-state index is 13.1.